The van der Waals surface area contributed by atoms with E-state index in [0.29, 0.717) is 30.8 Å². The number of rotatable bonds is 6. The largest absolute Gasteiger partial charge is 0.494 e. The molecule has 0 bridgehead atoms. The fourth-order valence-corrected chi connectivity index (χ4v) is 3.23. The van der Waals surface area contributed by atoms with Crippen molar-refractivity contribution in [3.63, 3.8) is 0 Å². The Labute approximate surface area is 153 Å². The van der Waals surface area contributed by atoms with Crippen molar-refractivity contribution in [1.82, 2.24) is 0 Å². The van der Waals surface area contributed by atoms with E-state index in [4.69, 9.17) is 9.47 Å². The first-order chi connectivity index (χ1) is 12.6. The maximum absolute atomic E-state index is 14.4. The molecule has 0 spiro atoms. The van der Waals surface area contributed by atoms with Gasteiger partial charge in [-0.1, -0.05) is 25.1 Å². The predicted octanol–water partition coefficient (Wildman–Crippen LogP) is 3.85. The normalized spacial score (nSPS) is 23.0. The molecule has 26 heavy (non-hydrogen) atoms. The van der Waals surface area contributed by atoms with Crippen molar-refractivity contribution in [3.8, 4) is 16.9 Å². The van der Waals surface area contributed by atoms with E-state index < -0.39 is 12.2 Å². The minimum Gasteiger partial charge on any atom is -0.494 e. The zero-order chi connectivity index (χ0) is 18.5. The molecule has 1 aliphatic heterocycles. The number of aliphatic hydroxyl groups is 2. The van der Waals surface area contributed by atoms with Gasteiger partial charge in [0.25, 0.3) is 0 Å². The Hall–Kier alpha value is -1.95. The van der Waals surface area contributed by atoms with E-state index in [1.165, 1.54) is 6.07 Å². The van der Waals surface area contributed by atoms with Crippen molar-refractivity contribution in [2.24, 2.45) is 0 Å². The van der Waals surface area contributed by atoms with Gasteiger partial charge in [-0.2, -0.15) is 0 Å². The highest BCUT2D eigenvalue weighted by molar-refractivity contribution is 5.66. The third kappa shape index (κ3) is 4.23. The van der Waals surface area contributed by atoms with Crippen molar-refractivity contribution >= 4 is 0 Å². The molecule has 0 amide bonds. The van der Waals surface area contributed by atoms with Gasteiger partial charge in [0.15, 0.2) is 0 Å². The van der Waals surface area contributed by atoms with Crippen molar-refractivity contribution in [3.05, 3.63) is 53.8 Å². The zero-order valence-electron chi connectivity index (χ0n) is 14.9. The van der Waals surface area contributed by atoms with Crippen LogP contribution in [0.15, 0.2) is 42.5 Å². The zero-order valence-corrected chi connectivity index (χ0v) is 14.9. The SMILES string of the molecule is CCCOc1ccc(F)c(-c2cccc(C3CCC(O)[C@@H](CO)O3)c2)c1. The molecule has 1 aliphatic rings. The first kappa shape index (κ1) is 18.8. The summed E-state index contributed by atoms with van der Waals surface area (Å²) in [6.07, 6.45) is 0.652. The Bertz CT molecular complexity index is 734. The number of halogens is 1. The summed E-state index contributed by atoms with van der Waals surface area (Å²) in [5.74, 6) is 0.338. The van der Waals surface area contributed by atoms with Crippen LogP contribution in [0.1, 0.15) is 37.9 Å². The Morgan fingerprint density at radius 2 is 2.04 bits per heavy atom. The lowest BCUT2D eigenvalue weighted by Gasteiger charge is -2.33. The number of hydrogen-bond acceptors (Lipinski definition) is 4. The van der Waals surface area contributed by atoms with Crippen LogP contribution in [0.5, 0.6) is 5.75 Å². The van der Waals surface area contributed by atoms with Gasteiger partial charge in [0.05, 0.1) is 25.4 Å². The average Bonchev–Trinajstić information content (AvgIpc) is 2.68. The molecule has 5 heteroatoms. The predicted molar refractivity (Wildman–Crippen MR) is 97.6 cm³/mol. The summed E-state index contributed by atoms with van der Waals surface area (Å²) in [4.78, 5) is 0. The Morgan fingerprint density at radius 1 is 1.19 bits per heavy atom. The quantitative estimate of drug-likeness (QED) is 0.821. The summed E-state index contributed by atoms with van der Waals surface area (Å²) in [7, 11) is 0. The summed E-state index contributed by atoms with van der Waals surface area (Å²) in [5.41, 5.74) is 2.14. The molecule has 3 atom stereocenters. The average molecular weight is 360 g/mol. The fourth-order valence-electron chi connectivity index (χ4n) is 3.23. The number of benzene rings is 2. The minimum absolute atomic E-state index is 0.219. The van der Waals surface area contributed by atoms with E-state index >= 15 is 0 Å². The van der Waals surface area contributed by atoms with Gasteiger partial charge in [-0.3, -0.25) is 0 Å². The van der Waals surface area contributed by atoms with Gasteiger partial charge in [-0.05, 0) is 54.7 Å². The highest BCUT2D eigenvalue weighted by Crippen LogP contribution is 2.34. The molecule has 2 unspecified atom stereocenters. The van der Waals surface area contributed by atoms with Crippen LogP contribution in [0, 0.1) is 5.82 Å². The third-order valence-corrected chi connectivity index (χ3v) is 4.65. The maximum Gasteiger partial charge on any atom is 0.131 e. The van der Waals surface area contributed by atoms with Gasteiger partial charge >= 0.3 is 0 Å². The molecule has 2 N–H and O–H groups in total. The molecular formula is C21H25FO4. The molecular weight excluding hydrogens is 335 g/mol. The van der Waals surface area contributed by atoms with Gasteiger partial charge in [0.1, 0.15) is 17.7 Å². The van der Waals surface area contributed by atoms with E-state index in [1.807, 2.05) is 31.2 Å². The second-order valence-electron chi connectivity index (χ2n) is 6.61. The summed E-state index contributed by atoms with van der Waals surface area (Å²) < 4.78 is 25.8. The molecule has 0 saturated carbocycles. The molecule has 2 aromatic rings. The van der Waals surface area contributed by atoms with Crippen LogP contribution < -0.4 is 4.74 Å². The molecule has 4 nitrogen and oxygen atoms in total. The number of ether oxygens (including phenoxy) is 2. The third-order valence-electron chi connectivity index (χ3n) is 4.65. The van der Waals surface area contributed by atoms with E-state index in [9.17, 15) is 14.6 Å². The van der Waals surface area contributed by atoms with E-state index in [1.54, 1.807) is 12.1 Å². The second-order valence-corrected chi connectivity index (χ2v) is 6.61. The van der Waals surface area contributed by atoms with Crippen molar-refractivity contribution in [2.45, 2.75) is 44.5 Å². The molecule has 140 valence electrons. The molecule has 1 fully saturated rings. The van der Waals surface area contributed by atoms with E-state index in [2.05, 4.69) is 0 Å². The van der Waals surface area contributed by atoms with Gasteiger partial charge in [0, 0.05) is 5.56 Å². The highest BCUT2D eigenvalue weighted by Gasteiger charge is 2.30. The Kier molecular flexibility index (Phi) is 6.25. The highest BCUT2D eigenvalue weighted by atomic mass is 19.1. The standard InChI is InChI=1S/C21H25FO4/c1-2-10-25-16-6-7-18(22)17(12-16)14-4-3-5-15(11-14)20-9-8-19(24)21(13-23)26-20/h3-7,11-12,19-21,23-24H,2,8-10,13H2,1H3/t19?,20?,21-/m1/s1. The molecule has 1 saturated heterocycles. The lowest BCUT2D eigenvalue weighted by atomic mass is 9.94. The number of hydrogen-bond donors (Lipinski definition) is 2. The smallest absolute Gasteiger partial charge is 0.131 e. The summed E-state index contributed by atoms with van der Waals surface area (Å²) in [5, 5.41) is 19.2. The van der Waals surface area contributed by atoms with Crippen molar-refractivity contribution in [2.75, 3.05) is 13.2 Å². The lowest BCUT2D eigenvalue weighted by molar-refractivity contribution is -0.135. The van der Waals surface area contributed by atoms with Gasteiger partial charge in [-0.15, -0.1) is 0 Å². The summed E-state index contributed by atoms with van der Waals surface area (Å²) >= 11 is 0. The van der Waals surface area contributed by atoms with Gasteiger partial charge in [0.2, 0.25) is 0 Å². The van der Waals surface area contributed by atoms with Crippen LogP contribution in [0.3, 0.4) is 0 Å². The van der Waals surface area contributed by atoms with Crippen LogP contribution in [-0.4, -0.2) is 35.6 Å². The van der Waals surface area contributed by atoms with Crippen molar-refractivity contribution < 1.29 is 24.1 Å². The monoisotopic (exact) mass is 360 g/mol. The molecule has 0 aliphatic carbocycles. The molecule has 3 rings (SSSR count). The summed E-state index contributed by atoms with van der Waals surface area (Å²) in [6.45, 7) is 2.39. The maximum atomic E-state index is 14.4. The van der Waals surface area contributed by atoms with Crippen molar-refractivity contribution in [1.29, 1.82) is 0 Å². The Morgan fingerprint density at radius 3 is 2.81 bits per heavy atom. The van der Waals surface area contributed by atoms with Gasteiger partial charge in [-0.25, -0.2) is 4.39 Å². The molecule has 0 aromatic heterocycles. The van der Waals surface area contributed by atoms with Gasteiger partial charge < -0.3 is 19.7 Å². The lowest BCUT2D eigenvalue weighted by Crippen LogP contribution is -2.38. The molecule has 2 aromatic carbocycles. The fraction of sp³-hybridized carbons (Fsp3) is 0.429. The van der Waals surface area contributed by atoms with Crippen LogP contribution in [0.2, 0.25) is 0 Å². The summed E-state index contributed by atoms with van der Waals surface area (Å²) in [6, 6.07) is 12.3. The molecule has 0 radical (unpaired) electrons. The topological polar surface area (TPSA) is 58.9 Å². The first-order valence-corrected chi connectivity index (χ1v) is 9.09. The minimum atomic E-state index is -0.649. The second kappa shape index (κ2) is 8.62. The first-order valence-electron chi connectivity index (χ1n) is 9.09. The Balaban J connectivity index is 1.85. The number of aliphatic hydroxyl groups excluding tert-OH is 2. The van der Waals surface area contributed by atoms with E-state index in [0.717, 1.165) is 17.5 Å². The van der Waals surface area contributed by atoms with Crippen LogP contribution in [0.25, 0.3) is 11.1 Å². The van der Waals surface area contributed by atoms with Crippen LogP contribution >= 0.6 is 0 Å². The van der Waals surface area contributed by atoms with Crippen LogP contribution in [0.4, 0.5) is 4.39 Å². The van der Waals surface area contributed by atoms with E-state index in [-0.39, 0.29) is 18.5 Å². The molecule has 1 heterocycles. The van der Waals surface area contributed by atoms with Crippen LogP contribution in [-0.2, 0) is 4.74 Å².